The number of likely N-dealkylation sites (tertiary alicyclic amines) is 1. The Labute approximate surface area is 152 Å². The Morgan fingerprint density at radius 1 is 1.38 bits per heavy atom. The third-order valence-corrected chi connectivity index (χ3v) is 5.48. The van der Waals surface area contributed by atoms with Crippen molar-refractivity contribution in [3.05, 3.63) is 41.5 Å². The van der Waals surface area contributed by atoms with Gasteiger partial charge >= 0.3 is 0 Å². The molecule has 0 aromatic carbocycles. The summed E-state index contributed by atoms with van der Waals surface area (Å²) < 4.78 is 1.78. The van der Waals surface area contributed by atoms with Gasteiger partial charge in [-0.3, -0.25) is 14.3 Å². The van der Waals surface area contributed by atoms with Gasteiger partial charge in [0.15, 0.2) is 0 Å². The van der Waals surface area contributed by atoms with Crippen LogP contribution in [0.5, 0.6) is 0 Å². The van der Waals surface area contributed by atoms with Crippen LogP contribution < -0.4 is 5.32 Å². The Morgan fingerprint density at radius 2 is 2.19 bits per heavy atom. The monoisotopic (exact) mass is 355 g/mol. The summed E-state index contributed by atoms with van der Waals surface area (Å²) >= 11 is 0. The molecule has 2 atom stereocenters. The van der Waals surface area contributed by atoms with Gasteiger partial charge in [0.25, 0.3) is 5.91 Å². The Kier molecular flexibility index (Phi) is 4.30. The molecule has 1 aliphatic carbocycles. The molecule has 2 aliphatic rings. The van der Waals surface area contributed by atoms with E-state index < -0.39 is 0 Å². The highest BCUT2D eigenvalue weighted by Gasteiger charge is 2.44. The van der Waals surface area contributed by atoms with Crippen molar-refractivity contribution in [2.45, 2.75) is 44.7 Å². The second-order valence-corrected chi connectivity index (χ2v) is 7.47. The number of aromatic nitrogens is 3. The number of hydrogen-bond donors (Lipinski definition) is 2. The molecule has 0 bridgehead atoms. The molecule has 0 radical (unpaired) electrons. The van der Waals surface area contributed by atoms with E-state index in [-0.39, 0.29) is 23.8 Å². The lowest BCUT2D eigenvalue weighted by molar-refractivity contribution is -0.139. The smallest absolute Gasteiger partial charge is 0.267 e. The fraction of sp³-hybridized carbons (Fsp3) is 0.526. The van der Waals surface area contributed by atoms with Crippen molar-refractivity contribution < 1.29 is 9.59 Å². The van der Waals surface area contributed by atoms with Crippen molar-refractivity contribution in [3.8, 4) is 0 Å². The van der Waals surface area contributed by atoms with Crippen LogP contribution in [-0.2, 0) is 11.8 Å². The molecule has 3 heterocycles. The minimum absolute atomic E-state index is 0.0116. The zero-order valence-electron chi connectivity index (χ0n) is 15.2. The molecule has 7 nitrogen and oxygen atoms in total. The fourth-order valence-corrected chi connectivity index (χ4v) is 4.00. The fourth-order valence-electron chi connectivity index (χ4n) is 4.00. The van der Waals surface area contributed by atoms with Crippen molar-refractivity contribution >= 4 is 11.8 Å². The van der Waals surface area contributed by atoms with E-state index >= 15 is 0 Å². The van der Waals surface area contributed by atoms with E-state index in [1.165, 1.54) is 0 Å². The first-order valence-corrected chi connectivity index (χ1v) is 9.26. The van der Waals surface area contributed by atoms with Gasteiger partial charge in [-0.25, -0.2) is 0 Å². The minimum Gasteiger partial charge on any atom is -0.357 e. The van der Waals surface area contributed by atoms with Gasteiger partial charge in [-0.1, -0.05) is 0 Å². The molecule has 2 aromatic heterocycles. The van der Waals surface area contributed by atoms with Crippen LogP contribution in [0.3, 0.4) is 0 Å². The highest BCUT2D eigenvalue weighted by Crippen LogP contribution is 2.43. The first kappa shape index (κ1) is 16.9. The van der Waals surface area contributed by atoms with E-state index in [1.54, 1.807) is 10.9 Å². The van der Waals surface area contributed by atoms with Crippen LogP contribution in [0.25, 0.3) is 0 Å². The van der Waals surface area contributed by atoms with Crippen molar-refractivity contribution in [1.82, 2.24) is 25.0 Å². The zero-order valence-corrected chi connectivity index (χ0v) is 15.2. The zero-order chi connectivity index (χ0) is 18.3. The lowest BCUT2D eigenvalue weighted by Gasteiger charge is -2.41. The molecule has 2 amide bonds. The van der Waals surface area contributed by atoms with Crippen LogP contribution in [0.15, 0.2) is 24.7 Å². The molecule has 1 saturated carbocycles. The molecule has 4 rings (SSSR count). The maximum absolute atomic E-state index is 12.6. The SMILES string of the molecule is Cc1cc[nH]c1C(=O)NC[C@H]1CCC(=O)N(C2CC2)[C@@H]1c1cnn(C)c1. The van der Waals surface area contributed by atoms with Gasteiger partial charge in [-0.15, -0.1) is 0 Å². The number of aromatic amines is 1. The molecular formula is C19H25N5O2. The molecule has 26 heavy (non-hydrogen) atoms. The number of rotatable bonds is 5. The summed E-state index contributed by atoms with van der Waals surface area (Å²) in [5.41, 5.74) is 2.60. The van der Waals surface area contributed by atoms with E-state index in [0.717, 1.165) is 30.4 Å². The van der Waals surface area contributed by atoms with Crippen molar-refractivity contribution in [2.75, 3.05) is 6.54 Å². The number of nitrogens with one attached hydrogen (secondary N) is 2. The number of carbonyl (C=O) groups is 2. The molecule has 0 spiro atoms. The van der Waals surface area contributed by atoms with Gasteiger partial charge in [0.2, 0.25) is 5.91 Å². The van der Waals surface area contributed by atoms with Gasteiger partial charge in [-0.2, -0.15) is 5.10 Å². The first-order chi connectivity index (χ1) is 12.5. The van der Waals surface area contributed by atoms with Gasteiger partial charge in [0.05, 0.1) is 12.2 Å². The summed E-state index contributed by atoms with van der Waals surface area (Å²) in [6, 6.07) is 2.22. The van der Waals surface area contributed by atoms with Crippen LogP contribution in [0.4, 0.5) is 0 Å². The highest BCUT2D eigenvalue weighted by atomic mass is 16.2. The molecule has 0 unspecified atom stereocenters. The second-order valence-electron chi connectivity index (χ2n) is 7.47. The third-order valence-electron chi connectivity index (χ3n) is 5.48. The molecule has 2 aromatic rings. The first-order valence-electron chi connectivity index (χ1n) is 9.26. The second kappa shape index (κ2) is 6.63. The molecule has 2 fully saturated rings. The maximum atomic E-state index is 12.6. The lowest BCUT2D eigenvalue weighted by atomic mass is 9.85. The van der Waals surface area contributed by atoms with Gasteiger partial charge < -0.3 is 15.2 Å². The van der Waals surface area contributed by atoms with Gasteiger partial charge in [0, 0.05) is 49.9 Å². The van der Waals surface area contributed by atoms with Gasteiger partial charge in [-0.05, 0) is 37.8 Å². The highest BCUT2D eigenvalue weighted by molar-refractivity contribution is 5.93. The summed E-state index contributed by atoms with van der Waals surface area (Å²) in [7, 11) is 1.89. The number of piperidine rings is 1. The van der Waals surface area contributed by atoms with E-state index in [0.29, 0.717) is 24.7 Å². The third kappa shape index (κ3) is 3.13. The molecule has 7 heteroatoms. The normalized spacial score (nSPS) is 23.3. The number of H-pyrrole nitrogens is 1. The van der Waals surface area contributed by atoms with Crippen LogP contribution >= 0.6 is 0 Å². The molecular weight excluding hydrogens is 330 g/mol. The van der Waals surface area contributed by atoms with Crippen molar-refractivity contribution in [3.63, 3.8) is 0 Å². The van der Waals surface area contributed by atoms with E-state index in [2.05, 4.69) is 20.3 Å². The quantitative estimate of drug-likeness (QED) is 0.860. The summed E-state index contributed by atoms with van der Waals surface area (Å²) in [5, 5.41) is 7.36. The van der Waals surface area contributed by atoms with E-state index in [9.17, 15) is 9.59 Å². The number of aryl methyl sites for hydroxylation is 2. The molecule has 2 N–H and O–H groups in total. The number of amides is 2. The average molecular weight is 355 g/mol. The summed E-state index contributed by atoms with van der Waals surface area (Å²) in [4.78, 5) is 30.1. The van der Waals surface area contributed by atoms with Crippen LogP contribution in [0, 0.1) is 12.8 Å². The Bertz CT molecular complexity index is 820. The summed E-state index contributed by atoms with van der Waals surface area (Å²) in [6.45, 7) is 2.46. The van der Waals surface area contributed by atoms with E-state index in [4.69, 9.17) is 0 Å². The number of nitrogens with zero attached hydrogens (tertiary/aromatic N) is 3. The predicted molar refractivity (Wildman–Crippen MR) is 96.4 cm³/mol. The predicted octanol–water partition coefficient (Wildman–Crippen LogP) is 1.93. The molecule has 1 saturated heterocycles. The number of hydrogen-bond acceptors (Lipinski definition) is 3. The minimum atomic E-state index is -0.0905. The average Bonchev–Trinajstić information content (AvgIpc) is 3.22. The van der Waals surface area contributed by atoms with Crippen molar-refractivity contribution in [2.24, 2.45) is 13.0 Å². The largest absolute Gasteiger partial charge is 0.357 e. The number of carbonyl (C=O) groups excluding carboxylic acids is 2. The van der Waals surface area contributed by atoms with E-state index in [1.807, 2.05) is 32.4 Å². The van der Waals surface area contributed by atoms with Crippen LogP contribution in [-0.4, -0.2) is 44.1 Å². The lowest BCUT2D eigenvalue weighted by Crippen LogP contribution is -2.47. The van der Waals surface area contributed by atoms with Crippen LogP contribution in [0.1, 0.15) is 53.3 Å². The summed E-state index contributed by atoms with van der Waals surface area (Å²) in [6.07, 6.45) is 9.09. The topological polar surface area (TPSA) is 83.0 Å². The van der Waals surface area contributed by atoms with Gasteiger partial charge in [0.1, 0.15) is 5.69 Å². The Balaban J connectivity index is 1.54. The molecule has 1 aliphatic heterocycles. The standard InChI is InChI=1S/C19H25N5O2/c1-12-7-8-20-17(12)19(26)21-9-13-3-6-16(25)24(15-4-5-15)18(13)14-10-22-23(2)11-14/h7-8,10-11,13,15,18,20H,3-6,9H2,1-2H3,(H,21,26)/t13-,18+/m1/s1. The summed E-state index contributed by atoms with van der Waals surface area (Å²) in [5.74, 6) is 0.327. The van der Waals surface area contributed by atoms with Crippen LogP contribution in [0.2, 0.25) is 0 Å². The maximum Gasteiger partial charge on any atom is 0.267 e. The molecule has 138 valence electrons. The Morgan fingerprint density at radius 3 is 2.81 bits per heavy atom. The Hall–Kier alpha value is -2.57. The van der Waals surface area contributed by atoms with Crippen molar-refractivity contribution in [1.29, 1.82) is 0 Å².